The molecule has 3 aromatic rings. The van der Waals surface area contributed by atoms with Gasteiger partial charge >= 0.3 is 6.03 Å². The predicted molar refractivity (Wildman–Crippen MR) is 118 cm³/mol. The number of benzene rings is 2. The Morgan fingerprint density at radius 3 is 2.55 bits per heavy atom. The SMILES string of the molecule is CC1CN(c2ccc(NC(=O)NCc3ccc(-n4cccn4)cc3)cc2F)CC(C)O1. The Morgan fingerprint density at radius 1 is 1.16 bits per heavy atom. The molecule has 2 unspecified atom stereocenters. The van der Waals surface area contributed by atoms with Crippen molar-refractivity contribution in [2.75, 3.05) is 23.3 Å². The van der Waals surface area contributed by atoms with Crippen LogP contribution in [-0.4, -0.2) is 41.1 Å². The fourth-order valence-corrected chi connectivity index (χ4v) is 3.76. The molecule has 0 bridgehead atoms. The molecule has 1 aromatic heterocycles. The van der Waals surface area contributed by atoms with Gasteiger partial charge in [-0.05, 0) is 55.8 Å². The van der Waals surface area contributed by atoms with E-state index < -0.39 is 6.03 Å². The third kappa shape index (κ3) is 5.21. The number of ether oxygens (including phenoxy) is 1. The van der Waals surface area contributed by atoms with Gasteiger partial charge in [-0.25, -0.2) is 13.9 Å². The van der Waals surface area contributed by atoms with Gasteiger partial charge in [0, 0.05) is 37.7 Å². The highest BCUT2D eigenvalue weighted by atomic mass is 19.1. The van der Waals surface area contributed by atoms with E-state index in [0.29, 0.717) is 31.0 Å². The topological polar surface area (TPSA) is 71.4 Å². The van der Waals surface area contributed by atoms with Gasteiger partial charge in [0.2, 0.25) is 0 Å². The lowest BCUT2D eigenvalue weighted by atomic mass is 10.2. The number of rotatable bonds is 5. The van der Waals surface area contributed by atoms with Crippen LogP contribution in [-0.2, 0) is 11.3 Å². The molecule has 1 aliphatic rings. The zero-order valence-corrected chi connectivity index (χ0v) is 17.6. The van der Waals surface area contributed by atoms with Gasteiger partial charge in [0.05, 0.1) is 23.6 Å². The summed E-state index contributed by atoms with van der Waals surface area (Å²) in [5.41, 5.74) is 2.81. The van der Waals surface area contributed by atoms with E-state index in [4.69, 9.17) is 4.74 Å². The minimum atomic E-state index is -0.392. The molecule has 7 nitrogen and oxygen atoms in total. The van der Waals surface area contributed by atoms with Crippen LogP contribution in [0, 0.1) is 5.82 Å². The van der Waals surface area contributed by atoms with Crippen LogP contribution in [0.2, 0.25) is 0 Å². The second-order valence-electron chi connectivity index (χ2n) is 7.75. The van der Waals surface area contributed by atoms with Crippen molar-refractivity contribution >= 4 is 17.4 Å². The van der Waals surface area contributed by atoms with Crippen molar-refractivity contribution in [1.82, 2.24) is 15.1 Å². The number of hydrogen-bond donors (Lipinski definition) is 2. The Hall–Kier alpha value is -3.39. The molecule has 2 N–H and O–H groups in total. The zero-order valence-electron chi connectivity index (χ0n) is 17.6. The molecule has 1 saturated heterocycles. The van der Waals surface area contributed by atoms with E-state index in [1.807, 2.05) is 55.3 Å². The van der Waals surface area contributed by atoms with Crippen molar-refractivity contribution in [1.29, 1.82) is 0 Å². The van der Waals surface area contributed by atoms with Crippen molar-refractivity contribution in [3.05, 3.63) is 72.3 Å². The predicted octanol–water partition coefficient (Wildman–Crippen LogP) is 3.95. The fraction of sp³-hybridized carbons (Fsp3) is 0.304. The summed E-state index contributed by atoms with van der Waals surface area (Å²) in [6.45, 7) is 5.58. The molecule has 0 radical (unpaired) electrons. The maximum Gasteiger partial charge on any atom is 0.319 e. The fourth-order valence-electron chi connectivity index (χ4n) is 3.76. The summed E-state index contributed by atoms with van der Waals surface area (Å²) in [4.78, 5) is 14.2. The lowest BCUT2D eigenvalue weighted by Gasteiger charge is -2.37. The lowest BCUT2D eigenvalue weighted by molar-refractivity contribution is -0.00539. The van der Waals surface area contributed by atoms with E-state index in [1.54, 1.807) is 23.0 Å². The number of hydrogen-bond acceptors (Lipinski definition) is 4. The normalized spacial score (nSPS) is 18.6. The van der Waals surface area contributed by atoms with Crippen molar-refractivity contribution in [2.24, 2.45) is 0 Å². The average molecular weight is 423 g/mol. The number of carbonyl (C=O) groups excluding carboxylic acids is 1. The summed E-state index contributed by atoms with van der Waals surface area (Å²) in [7, 11) is 0. The number of nitrogens with zero attached hydrogens (tertiary/aromatic N) is 3. The van der Waals surface area contributed by atoms with E-state index >= 15 is 0 Å². The summed E-state index contributed by atoms with van der Waals surface area (Å²) >= 11 is 0. The minimum Gasteiger partial charge on any atom is -0.372 e. The molecule has 1 aliphatic heterocycles. The van der Waals surface area contributed by atoms with Gasteiger partial charge < -0.3 is 20.3 Å². The van der Waals surface area contributed by atoms with E-state index in [-0.39, 0.29) is 18.0 Å². The third-order valence-electron chi connectivity index (χ3n) is 5.12. The lowest BCUT2D eigenvalue weighted by Crippen LogP contribution is -2.45. The number of halogens is 1. The first-order valence-corrected chi connectivity index (χ1v) is 10.3. The highest BCUT2D eigenvalue weighted by Crippen LogP contribution is 2.26. The van der Waals surface area contributed by atoms with E-state index in [2.05, 4.69) is 15.7 Å². The number of anilines is 2. The molecule has 2 heterocycles. The summed E-state index contributed by atoms with van der Waals surface area (Å²) < 4.78 is 22.2. The van der Waals surface area contributed by atoms with Crippen LogP contribution in [0.25, 0.3) is 5.69 Å². The van der Waals surface area contributed by atoms with Crippen molar-refractivity contribution in [3.63, 3.8) is 0 Å². The third-order valence-corrected chi connectivity index (χ3v) is 5.12. The van der Waals surface area contributed by atoms with Crippen molar-refractivity contribution in [3.8, 4) is 5.69 Å². The van der Waals surface area contributed by atoms with Crippen LogP contribution in [0.15, 0.2) is 60.9 Å². The Morgan fingerprint density at radius 2 is 1.90 bits per heavy atom. The Bertz CT molecular complexity index is 1010. The Kier molecular flexibility index (Phi) is 6.18. The molecule has 0 aliphatic carbocycles. The molecule has 2 amide bonds. The van der Waals surface area contributed by atoms with Gasteiger partial charge in [-0.3, -0.25) is 0 Å². The van der Waals surface area contributed by atoms with E-state index in [9.17, 15) is 9.18 Å². The quantitative estimate of drug-likeness (QED) is 0.652. The zero-order chi connectivity index (χ0) is 21.8. The number of morpholine rings is 1. The van der Waals surface area contributed by atoms with Crippen LogP contribution in [0.1, 0.15) is 19.4 Å². The summed E-state index contributed by atoms with van der Waals surface area (Å²) in [5.74, 6) is -0.367. The number of aromatic nitrogens is 2. The molecule has 0 saturated carbocycles. The molecule has 162 valence electrons. The monoisotopic (exact) mass is 423 g/mol. The van der Waals surface area contributed by atoms with Crippen molar-refractivity contribution < 1.29 is 13.9 Å². The smallest absolute Gasteiger partial charge is 0.319 e. The average Bonchev–Trinajstić information content (AvgIpc) is 3.27. The molecule has 2 atom stereocenters. The second kappa shape index (κ2) is 9.18. The first-order valence-electron chi connectivity index (χ1n) is 10.3. The van der Waals surface area contributed by atoms with Crippen molar-refractivity contribution in [2.45, 2.75) is 32.6 Å². The van der Waals surface area contributed by atoms with Gasteiger partial charge in [0.25, 0.3) is 0 Å². The second-order valence-corrected chi connectivity index (χ2v) is 7.75. The van der Waals surface area contributed by atoms with Crippen LogP contribution >= 0.6 is 0 Å². The number of urea groups is 1. The first kappa shape index (κ1) is 20.9. The van der Waals surface area contributed by atoms with Gasteiger partial charge in [0.1, 0.15) is 5.82 Å². The van der Waals surface area contributed by atoms with Crippen LogP contribution in [0.5, 0.6) is 0 Å². The van der Waals surface area contributed by atoms with Gasteiger partial charge in [-0.2, -0.15) is 5.10 Å². The maximum absolute atomic E-state index is 14.7. The highest BCUT2D eigenvalue weighted by Gasteiger charge is 2.24. The Labute approximate surface area is 180 Å². The van der Waals surface area contributed by atoms with Gasteiger partial charge in [-0.1, -0.05) is 12.1 Å². The molecule has 31 heavy (non-hydrogen) atoms. The Balaban J connectivity index is 1.32. The van der Waals surface area contributed by atoms with Crippen LogP contribution in [0.3, 0.4) is 0 Å². The molecule has 1 fully saturated rings. The highest BCUT2D eigenvalue weighted by molar-refractivity contribution is 5.89. The first-order chi connectivity index (χ1) is 15.0. The van der Waals surface area contributed by atoms with Gasteiger partial charge in [-0.15, -0.1) is 0 Å². The number of carbonyl (C=O) groups is 1. The van der Waals surface area contributed by atoms with Crippen LogP contribution in [0.4, 0.5) is 20.6 Å². The van der Waals surface area contributed by atoms with E-state index in [0.717, 1.165) is 11.3 Å². The molecule has 4 rings (SSSR count). The largest absolute Gasteiger partial charge is 0.372 e. The number of amides is 2. The maximum atomic E-state index is 14.7. The van der Waals surface area contributed by atoms with E-state index in [1.165, 1.54) is 6.07 Å². The standard InChI is InChI=1S/C23H26FN5O2/c1-16-14-28(15-17(2)31-16)22-9-6-19(12-21(22)24)27-23(30)25-13-18-4-7-20(8-5-18)29-11-3-10-26-29/h3-12,16-17H,13-15H2,1-2H3,(H2,25,27,30). The van der Waals surface area contributed by atoms with Crippen LogP contribution < -0.4 is 15.5 Å². The summed E-state index contributed by atoms with van der Waals surface area (Å²) in [6.07, 6.45) is 3.67. The molecule has 0 spiro atoms. The van der Waals surface area contributed by atoms with Gasteiger partial charge in [0.15, 0.2) is 0 Å². The molecular weight excluding hydrogens is 397 g/mol. The minimum absolute atomic E-state index is 0.0420. The molecule has 2 aromatic carbocycles. The summed E-state index contributed by atoms with van der Waals surface area (Å²) in [5, 5.41) is 9.66. The molecule has 8 heteroatoms. The number of nitrogens with one attached hydrogen (secondary N) is 2. The molecular formula is C23H26FN5O2. The summed E-state index contributed by atoms with van der Waals surface area (Å²) in [6, 6.07) is 13.9.